The molecule has 0 spiro atoms. The van der Waals surface area contributed by atoms with E-state index in [2.05, 4.69) is 10.0 Å². The number of nitrogens with one attached hydrogen (secondary N) is 2. The van der Waals surface area contributed by atoms with Crippen molar-refractivity contribution < 1.29 is 37.3 Å². The topological polar surface area (TPSA) is 140 Å². The van der Waals surface area contributed by atoms with Crippen molar-refractivity contribution in [2.45, 2.75) is 17.7 Å². The average molecular weight is 450 g/mol. The minimum absolute atomic E-state index is 0.0589. The van der Waals surface area contributed by atoms with Crippen molar-refractivity contribution in [3.63, 3.8) is 0 Å². The minimum Gasteiger partial charge on any atom is -0.493 e. The Morgan fingerprint density at radius 2 is 1.90 bits per heavy atom. The highest BCUT2D eigenvalue weighted by Gasteiger charge is 2.24. The van der Waals surface area contributed by atoms with Crippen LogP contribution in [0.5, 0.6) is 11.5 Å². The van der Waals surface area contributed by atoms with Crippen molar-refractivity contribution in [3.05, 3.63) is 41.5 Å². The zero-order valence-corrected chi connectivity index (χ0v) is 17.7. The Labute approximate surface area is 179 Å². The molecule has 0 aromatic heterocycles. The van der Waals surface area contributed by atoms with Gasteiger partial charge in [0.05, 0.1) is 29.9 Å². The number of carbonyl (C=O) groups is 2. The number of hydrogen-bond acceptors (Lipinski definition) is 7. The van der Waals surface area contributed by atoms with Gasteiger partial charge in [-0.1, -0.05) is 0 Å². The number of carboxylic acids is 1. The number of carbonyl (C=O) groups excluding carboxylic acids is 1. The van der Waals surface area contributed by atoms with Crippen LogP contribution >= 0.6 is 0 Å². The highest BCUT2D eigenvalue weighted by Crippen LogP contribution is 2.35. The molecule has 1 amide bonds. The maximum atomic E-state index is 13.0. The molecule has 2 aromatic rings. The fourth-order valence-electron chi connectivity index (χ4n) is 3.06. The first-order chi connectivity index (χ1) is 14.7. The second-order valence-electron chi connectivity index (χ2n) is 6.67. The molecule has 0 fully saturated rings. The maximum Gasteiger partial charge on any atom is 0.337 e. The summed E-state index contributed by atoms with van der Waals surface area (Å²) >= 11 is 0. The Balaban J connectivity index is 1.96. The molecule has 0 radical (unpaired) electrons. The molecule has 3 N–H and O–H groups in total. The highest BCUT2D eigenvalue weighted by atomic mass is 32.2. The van der Waals surface area contributed by atoms with Crippen LogP contribution in [0.25, 0.3) is 0 Å². The van der Waals surface area contributed by atoms with Crippen LogP contribution in [0.1, 0.15) is 22.3 Å². The van der Waals surface area contributed by atoms with Crippen LogP contribution in [0.2, 0.25) is 0 Å². The lowest BCUT2D eigenvalue weighted by Crippen LogP contribution is -2.20. The van der Waals surface area contributed by atoms with Gasteiger partial charge in [-0.15, -0.1) is 0 Å². The number of amides is 1. The van der Waals surface area contributed by atoms with E-state index in [1.165, 1.54) is 44.6 Å². The van der Waals surface area contributed by atoms with E-state index in [0.29, 0.717) is 17.7 Å². The molecule has 31 heavy (non-hydrogen) atoms. The smallest absolute Gasteiger partial charge is 0.337 e. The molecule has 10 nitrogen and oxygen atoms in total. The first-order valence-corrected chi connectivity index (χ1v) is 10.8. The molecular weight excluding hydrogens is 428 g/mol. The molecule has 0 atom stereocenters. The summed E-state index contributed by atoms with van der Waals surface area (Å²) in [7, 11) is -1.28. The molecule has 0 saturated heterocycles. The van der Waals surface area contributed by atoms with Crippen LogP contribution in [0, 0.1) is 0 Å². The monoisotopic (exact) mass is 450 g/mol. The van der Waals surface area contributed by atoms with E-state index in [0.717, 1.165) is 0 Å². The third kappa shape index (κ3) is 5.06. The number of fused-ring (bicyclic) bond motifs is 1. The van der Waals surface area contributed by atoms with Gasteiger partial charge in [0, 0.05) is 31.4 Å². The Morgan fingerprint density at radius 1 is 1.13 bits per heavy atom. The van der Waals surface area contributed by atoms with Crippen molar-refractivity contribution in [1.82, 2.24) is 0 Å². The van der Waals surface area contributed by atoms with Crippen molar-refractivity contribution in [2.24, 2.45) is 0 Å². The van der Waals surface area contributed by atoms with E-state index in [1.54, 1.807) is 0 Å². The number of hydrogen-bond donors (Lipinski definition) is 3. The van der Waals surface area contributed by atoms with Crippen LogP contribution in [0.3, 0.4) is 0 Å². The SMILES string of the molecule is COCCOc1cc(NS(=O)(=O)c2ccc3c(c2)CCC(=O)N3)c(C(=O)O)cc1OC. The molecule has 0 aliphatic carbocycles. The van der Waals surface area contributed by atoms with E-state index in [4.69, 9.17) is 14.2 Å². The third-order valence-electron chi connectivity index (χ3n) is 4.61. The number of sulfonamides is 1. The molecule has 2 aromatic carbocycles. The molecule has 0 saturated carbocycles. The molecular formula is C20H22N2O8S. The van der Waals surface area contributed by atoms with Gasteiger partial charge in [0.15, 0.2) is 11.5 Å². The van der Waals surface area contributed by atoms with Gasteiger partial charge in [0.1, 0.15) is 6.61 Å². The summed E-state index contributed by atoms with van der Waals surface area (Å²) < 4.78 is 43.9. The predicted octanol–water partition coefficient (Wildman–Crippen LogP) is 2.10. The number of aryl methyl sites for hydroxylation is 1. The van der Waals surface area contributed by atoms with Crippen LogP contribution in [0.4, 0.5) is 11.4 Å². The summed E-state index contributed by atoms with van der Waals surface area (Å²) in [6.45, 7) is 0.429. The molecule has 1 heterocycles. The van der Waals surface area contributed by atoms with Crippen LogP contribution < -0.4 is 19.5 Å². The van der Waals surface area contributed by atoms with Gasteiger partial charge in [-0.05, 0) is 30.2 Å². The lowest BCUT2D eigenvalue weighted by Gasteiger charge is -2.19. The Bertz CT molecular complexity index is 1110. The Morgan fingerprint density at radius 3 is 2.58 bits per heavy atom. The minimum atomic E-state index is -4.12. The van der Waals surface area contributed by atoms with Crippen LogP contribution in [-0.2, 0) is 26.0 Å². The summed E-state index contributed by atoms with van der Waals surface area (Å²) in [4.78, 5) is 23.2. The number of ether oxygens (including phenoxy) is 3. The van der Waals surface area contributed by atoms with Gasteiger partial charge in [0.25, 0.3) is 10.0 Å². The van der Waals surface area contributed by atoms with E-state index < -0.39 is 16.0 Å². The molecule has 166 valence electrons. The van der Waals surface area contributed by atoms with Crippen molar-refractivity contribution in [2.75, 3.05) is 37.5 Å². The van der Waals surface area contributed by atoms with E-state index in [1.807, 2.05) is 0 Å². The van der Waals surface area contributed by atoms with Gasteiger partial charge in [-0.25, -0.2) is 13.2 Å². The number of rotatable bonds is 9. The lowest BCUT2D eigenvalue weighted by atomic mass is 10.0. The summed E-state index contributed by atoms with van der Waals surface area (Å²) in [5.74, 6) is -1.17. The molecule has 3 rings (SSSR count). The quantitative estimate of drug-likeness (QED) is 0.494. The average Bonchev–Trinajstić information content (AvgIpc) is 2.73. The molecule has 0 bridgehead atoms. The van der Waals surface area contributed by atoms with Gasteiger partial charge in [-0.3, -0.25) is 9.52 Å². The predicted molar refractivity (Wildman–Crippen MR) is 112 cm³/mol. The zero-order chi connectivity index (χ0) is 22.6. The normalized spacial score (nSPS) is 13.2. The van der Waals surface area contributed by atoms with Crippen molar-refractivity contribution in [3.8, 4) is 11.5 Å². The first kappa shape index (κ1) is 22.4. The summed E-state index contributed by atoms with van der Waals surface area (Å²) in [6, 6.07) is 6.75. The van der Waals surface area contributed by atoms with Gasteiger partial charge in [-0.2, -0.15) is 0 Å². The maximum absolute atomic E-state index is 13.0. The Kier molecular flexibility index (Phi) is 6.66. The fourth-order valence-corrected chi connectivity index (χ4v) is 4.18. The van der Waals surface area contributed by atoms with E-state index >= 15 is 0 Å². The number of carboxylic acid groups (broad SMARTS) is 1. The van der Waals surface area contributed by atoms with Gasteiger partial charge in [0.2, 0.25) is 5.91 Å². The standard InChI is InChI=1S/C20H22N2O8S/c1-28-7-8-30-18-11-16(14(20(24)25)10-17(18)29-2)22-31(26,27)13-4-5-15-12(9-13)3-6-19(23)21-15/h4-5,9-11,22H,3,6-8H2,1-2H3,(H,21,23)(H,24,25). The summed E-state index contributed by atoms with van der Waals surface area (Å²) in [6.07, 6.45) is 0.665. The van der Waals surface area contributed by atoms with Crippen LogP contribution in [-0.4, -0.2) is 52.8 Å². The molecule has 0 unspecified atom stereocenters. The van der Waals surface area contributed by atoms with Crippen LogP contribution in [0.15, 0.2) is 35.2 Å². The molecule has 1 aliphatic rings. The van der Waals surface area contributed by atoms with Crippen molar-refractivity contribution >= 4 is 33.3 Å². The number of benzene rings is 2. The fraction of sp³-hybridized carbons (Fsp3) is 0.300. The zero-order valence-electron chi connectivity index (χ0n) is 16.9. The molecule has 11 heteroatoms. The molecule has 1 aliphatic heterocycles. The Hall–Kier alpha value is -3.31. The van der Waals surface area contributed by atoms with Gasteiger partial charge < -0.3 is 24.6 Å². The largest absolute Gasteiger partial charge is 0.493 e. The number of aromatic carboxylic acids is 1. The highest BCUT2D eigenvalue weighted by molar-refractivity contribution is 7.92. The second-order valence-corrected chi connectivity index (χ2v) is 8.35. The van der Waals surface area contributed by atoms with Crippen molar-refractivity contribution in [1.29, 1.82) is 0 Å². The first-order valence-electron chi connectivity index (χ1n) is 9.28. The van der Waals surface area contributed by atoms with E-state index in [-0.39, 0.29) is 53.2 Å². The number of methoxy groups -OCH3 is 2. The lowest BCUT2D eigenvalue weighted by molar-refractivity contribution is -0.116. The number of anilines is 2. The summed E-state index contributed by atoms with van der Waals surface area (Å²) in [5, 5.41) is 12.2. The third-order valence-corrected chi connectivity index (χ3v) is 5.97. The summed E-state index contributed by atoms with van der Waals surface area (Å²) in [5.41, 5.74) is 0.760. The second kappa shape index (κ2) is 9.23. The van der Waals surface area contributed by atoms with E-state index in [9.17, 15) is 23.1 Å². The van der Waals surface area contributed by atoms with Gasteiger partial charge >= 0.3 is 5.97 Å².